The zero-order valence-corrected chi connectivity index (χ0v) is 16.2. The Labute approximate surface area is 163 Å². The maximum absolute atomic E-state index is 13.4. The first kappa shape index (κ1) is 19.2. The van der Waals surface area contributed by atoms with Crippen LogP contribution in [0.15, 0.2) is 67.3 Å². The molecule has 0 heterocycles. The van der Waals surface area contributed by atoms with Crippen molar-refractivity contribution in [3.05, 3.63) is 78.4 Å². The van der Waals surface area contributed by atoms with Crippen LogP contribution in [0.25, 0.3) is 0 Å². The van der Waals surface area contributed by atoms with Gasteiger partial charge in [-0.25, -0.2) is 0 Å². The number of carbonyl (C=O) groups excluding carboxylic acids is 1. The van der Waals surface area contributed by atoms with Crippen LogP contribution in [0.3, 0.4) is 0 Å². The van der Waals surface area contributed by atoms with Crippen molar-refractivity contribution in [2.24, 2.45) is 0 Å². The highest BCUT2D eigenvalue weighted by molar-refractivity contribution is 5.87. The van der Waals surface area contributed by atoms with Crippen molar-refractivity contribution in [3.63, 3.8) is 0 Å². The van der Waals surface area contributed by atoms with Crippen LogP contribution in [0.1, 0.15) is 49.3 Å². The lowest BCUT2D eigenvalue weighted by molar-refractivity contribution is -0.123. The van der Waals surface area contributed by atoms with Gasteiger partial charge in [0.1, 0.15) is 6.04 Å². The molecule has 2 aromatic rings. The normalized spacial score (nSPS) is 15.7. The molecule has 1 atom stereocenters. The predicted molar refractivity (Wildman–Crippen MR) is 113 cm³/mol. The molecule has 1 saturated carbocycles. The number of benzene rings is 2. The summed E-state index contributed by atoms with van der Waals surface area (Å²) in [5.41, 5.74) is 3.24. The summed E-state index contributed by atoms with van der Waals surface area (Å²) in [6, 6.07) is 18.3. The second kappa shape index (κ2) is 9.40. The molecule has 3 heteroatoms. The number of amides is 1. The number of rotatable bonds is 7. The van der Waals surface area contributed by atoms with Gasteiger partial charge in [-0.3, -0.25) is 4.79 Å². The second-order valence-electron chi connectivity index (χ2n) is 7.43. The molecule has 1 aliphatic carbocycles. The lowest BCUT2D eigenvalue weighted by Crippen LogP contribution is -2.45. The van der Waals surface area contributed by atoms with E-state index in [0.29, 0.717) is 12.6 Å². The van der Waals surface area contributed by atoms with Crippen molar-refractivity contribution in [2.45, 2.75) is 51.1 Å². The minimum atomic E-state index is -0.368. The first-order valence-corrected chi connectivity index (χ1v) is 9.98. The van der Waals surface area contributed by atoms with Gasteiger partial charge in [0.15, 0.2) is 0 Å². The predicted octanol–water partition coefficient (Wildman–Crippen LogP) is 5.18. The molecule has 1 amide bonds. The fraction of sp³-hybridized carbons (Fsp3) is 0.375. The molecule has 0 radical (unpaired) electrons. The van der Waals surface area contributed by atoms with E-state index in [9.17, 15) is 4.79 Å². The van der Waals surface area contributed by atoms with Crippen molar-refractivity contribution >= 4 is 11.6 Å². The Morgan fingerprint density at radius 1 is 1.11 bits per heavy atom. The van der Waals surface area contributed by atoms with Gasteiger partial charge in [-0.1, -0.05) is 73.4 Å². The first-order valence-electron chi connectivity index (χ1n) is 9.98. The number of nitrogens with zero attached hydrogens (tertiary/aromatic N) is 1. The standard InChI is InChI=1S/C24H30N2O/c1-3-18-26(22-12-8-5-9-13-22)23(20-16-14-19(2)15-17-20)24(27)25-21-10-6-4-7-11-21/h3,5,8-9,12-17,21,23H,1,4,6-7,10-11,18H2,2H3,(H,25,27)/t23-/m1/s1. The van der Waals surface area contributed by atoms with E-state index in [1.54, 1.807) is 0 Å². The molecule has 142 valence electrons. The topological polar surface area (TPSA) is 32.3 Å². The summed E-state index contributed by atoms with van der Waals surface area (Å²) in [4.78, 5) is 15.5. The summed E-state index contributed by atoms with van der Waals surface area (Å²) in [6.07, 6.45) is 7.71. The van der Waals surface area contributed by atoms with E-state index in [1.807, 2.05) is 24.3 Å². The molecule has 0 unspecified atom stereocenters. The molecule has 0 saturated heterocycles. The van der Waals surface area contributed by atoms with E-state index < -0.39 is 0 Å². The molecule has 3 rings (SSSR count). The summed E-state index contributed by atoms with van der Waals surface area (Å²) in [5.74, 6) is 0.0801. The zero-order valence-electron chi connectivity index (χ0n) is 16.2. The number of hydrogen-bond donors (Lipinski definition) is 1. The molecule has 0 spiro atoms. The van der Waals surface area contributed by atoms with Crippen LogP contribution in [0.2, 0.25) is 0 Å². The molecular formula is C24H30N2O. The SMILES string of the molecule is C=CCN(c1ccccc1)[C@@H](C(=O)NC1CCCCC1)c1ccc(C)cc1. The number of hydrogen-bond acceptors (Lipinski definition) is 2. The third kappa shape index (κ3) is 5.00. The third-order valence-corrected chi connectivity index (χ3v) is 5.32. The Kier molecular flexibility index (Phi) is 6.69. The Morgan fingerprint density at radius 3 is 2.41 bits per heavy atom. The Morgan fingerprint density at radius 2 is 1.78 bits per heavy atom. The van der Waals surface area contributed by atoms with Gasteiger partial charge >= 0.3 is 0 Å². The van der Waals surface area contributed by atoms with Gasteiger partial charge in [0, 0.05) is 18.3 Å². The molecule has 3 nitrogen and oxygen atoms in total. The average molecular weight is 363 g/mol. The zero-order chi connectivity index (χ0) is 19.1. The Balaban J connectivity index is 1.93. The smallest absolute Gasteiger partial charge is 0.247 e. The van der Waals surface area contributed by atoms with Gasteiger partial charge in [0.05, 0.1) is 0 Å². The second-order valence-corrected chi connectivity index (χ2v) is 7.43. The van der Waals surface area contributed by atoms with Crippen LogP contribution in [-0.4, -0.2) is 18.5 Å². The molecule has 1 N–H and O–H groups in total. The van der Waals surface area contributed by atoms with Crippen LogP contribution in [0.5, 0.6) is 0 Å². The highest BCUT2D eigenvalue weighted by atomic mass is 16.2. The van der Waals surface area contributed by atoms with Crippen LogP contribution in [0.4, 0.5) is 5.69 Å². The summed E-state index contributed by atoms with van der Waals surface area (Å²) in [5, 5.41) is 3.33. The lowest BCUT2D eigenvalue weighted by Gasteiger charge is -2.34. The number of anilines is 1. The molecule has 27 heavy (non-hydrogen) atoms. The summed E-state index contributed by atoms with van der Waals surface area (Å²) >= 11 is 0. The monoisotopic (exact) mass is 362 g/mol. The molecule has 0 aromatic heterocycles. The minimum absolute atomic E-state index is 0.0801. The van der Waals surface area contributed by atoms with Crippen molar-refractivity contribution in [2.75, 3.05) is 11.4 Å². The molecule has 0 bridgehead atoms. The van der Waals surface area contributed by atoms with Crippen molar-refractivity contribution < 1.29 is 4.79 Å². The summed E-state index contributed by atoms with van der Waals surface area (Å²) in [7, 11) is 0. The number of nitrogens with one attached hydrogen (secondary N) is 1. The van der Waals surface area contributed by atoms with E-state index in [-0.39, 0.29) is 11.9 Å². The molecule has 0 aliphatic heterocycles. The van der Waals surface area contributed by atoms with E-state index in [2.05, 4.69) is 60.1 Å². The van der Waals surface area contributed by atoms with Gasteiger partial charge in [-0.2, -0.15) is 0 Å². The maximum atomic E-state index is 13.4. The van der Waals surface area contributed by atoms with E-state index in [1.165, 1.54) is 24.8 Å². The van der Waals surface area contributed by atoms with Gasteiger partial charge in [-0.15, -0.1) is 6.58 Å². The largest absolute Gasteiger partial charge is 0.352 e. The first-order chi connectivity index (χ1) is 13.2. The number of carbonyl (C=O) groups is 1. The minimum Gasteiger partial charge on any atom is -0.352 e. The maximum Gasteiger partial charge on any atom is 0.247 e. The Hall–Kier alpha value is -2.55. The Bertz CT molecular complexity index is 733. The van der Waals surface area contributed by atoms with E-state index in [4.69, 9.17) is 0 Å². The van der Waals surface area contributed by atoms with E-state index in [0.717, 1.165) is 24.1 Å². The van der Waals surface area contributed by atoms with Gasteiger partial charge in [0.25, 0.3) is 0 Å². The fourth-order valence-electron chi connectivity index (χ4n) is 3.87. The quantitative estimate of drug-likeness (QED) is 0.689. The summed E-state index contributed by atoms with van der Waals surface area (Å²) in [6.45, 7) is 6.60. The fourth-order valence-corrected chi connectivity index (χ4v) is 3.87. The van der Waals surface area contributed by atoms with Gasteiger partial charge < -0.3 is 10.2 Å². The number of aryl methyl sites for hydroxylation is 1. The molecule has 1 fully saturated rings. The highest BCUT2D eigenvalue weighted by Gasteiger charge is 2.29. The lowest BCUT2D eigenvalue weighted by atomic mass is 9.94. The molecule has 1 aliphatic rings. The van der Waals surface area contributed by atoms with Crippen LogP contribution < -0.4 is 10.2 Å². The van der Waals surface area contributed by atoms with Crippen LogP contribution >= 0.6 is 0 Å². The van der Waals surface area contributed by atoms with Gasteiger partial charge in [-0.05, 0) is 37.5 Å². The highest BCUT2D eigenvalue weighted by Crippen LogP contribution is 2.29. The molecular weight excluding hydrogens is 332 g/mol. The number of para-hydroxylation sites is 1. The van der Waals surface area contributed by atoms with Crippen LogP contribution in [-0.2, 0) is 4.79 Å². The van der Waals surface area contributed by atoms with Gasteiger partial charge in [0.2, 0.25) is 5.91 Å². The molecule has 2 aromatic carbocycles. The van der Waals surface area contributed by atoms with Crippen molar-refractivity contribution in [1.29, 1.82) is 0 Å². The third-order valence-electron chi connectivity index (χ3n) is 5.32. The van der Waals surface area contributed by atoms with E-state index >= 15 is 0 Å². The van der Waals surface area contributed by atoms with Crippen LogP contribution in [0, 0.1) is 6.92 Å². The average Bonchev–Trinajstić information content (AvgIpc) is 2.70. The summed E-state index contributed by atoms with van der Waals surface area (Å²) < 4.78 is 0. The van der Waals surface area contributed by atoms with Crippen molar-refractivity contribution in [3.8, 4) is 0 Å². The van der Waals surface area contributed by atoms with Crippen molar-refractivity contribution in [1.82, 2.24) is 5.32 Å².